The highest BCUT2D eigenvalue weighted by molar-refractivity contribution is 5.90. The SMILES string of the molecule is C=C1NC(CCCCC(=O)NC(C)C)(CC2CCCCC2)C(=O)N1C. The van der Waals surface area contributed by atoms with E-state index in [-0.39, 0.29) is 17.9 Å². The van der Waals surface area contributed by atoms with Crippen LogP contribution in [0, 0.1) is 5.92 Å². The van der Waals surface area contributed by atoms with E-state index in [1.165, 1.54) is 32.1 Å². The third-order valence-corrected chi connectivity index (χ3v) is 5.57. The normalized spacial score (nSPS) is 24.7. The molecular formula is C20H35N3O2. The lowest BCUT2D eigenvalue weighted by Gasteiger charge is -2.33. The zero-order valence-corrected chi connectivity index (χ0v) is 16.2. The lowest BCUT2D eigenvalue weighted by Crippen LogP contribution is -2.48. The zero-order chi connectivity index (χ0) is 18.4. The molecule has 0 aromatic heterocycles. The number of amides is 2. The maximum Gasteiger partial charge on any atom is 0.253 e. The van der Waals surface area contributed by atoms with E-state index in [4.69, 9.17) is 0 Å². The number of likely N-dealkylation sites (N-methyl/N-ethyl adjacent to an activating group) is 1. The summed E-state index contributed by atoms with van der Waals surface area (Å²) in [5, 5.41) is 6.34. The minimum atomic E-state index is -0.512. The van der Waals surface area contributed by atoms with Gasteiger partial charge in [0.2, 0.25) is 5.91 Å². The highest BCUT2D eigenvalue weighted by Crippen LogP contribution is 2.37. The van der Waals surface area contributed by atoms with Gasteiger partial charge in [-0.1, -0.05) is 45.1 Å². The summed E-state index contributed by atoms with van der Waals surface area (Å²) in [5.41, 5.74) is -0.512. The van der Waals surface area contributed by atoms with Crippen LogP contribution in [0.4, 0.5) is 0 Å². The van der Waals surface area contributed by atoms with Crippen LogP contribution in [0.25, 0.3) is 0 Å². The number of rotatable bonds is 8. The van der Waals surface area contributed by atoms with Gasteiger partial charge in [-0.2, -0.15) is 0 Å². The van der Waals surface area contributed by atoms with E-state index in [9.17, 15) is 9.59 Å². The molecule has 1 aliphatic carbocycles. The quantitative estimate of drug-likeness (QED) is 0.661. The Hall–Kier alpha value is -1.52. The standard InChI is InChI=1S/C20H35N3O2/c1-15(2)21-18(24)12-8-9-13-20(14-17-10-6-5-7-11-17)19(25)23(4)16(3)22-20/h15,17,22H,3,5-14H2,1-2,4H3,(H,21,24). The van der Waals surface area contributed by atoms with Gasteiger partial charge in [0.05, 0.1) is 0 Å². The second kappa shape index (κ2) is 8.72. The molecule has 0 radical (unpaired) electrons. The Morgan fingerprint density at radius 2 is 2.00 bits per heavy atom. The molecule has 2 amide bonds. The molecule has 1 heterocycles. The van der Waals surface area contributed by atoms with Crippen molar-refractivity contribution < 1.29 is 9.59 Å². The first-order valence-electron chi connectivity index (χ1n) is 9.89. The Morgan fingerprint density at radius 3 is 2.56 bits per heavy atom. The van der Waals surface area contributed by atoms with Crippen molar-refractivity contribution in [2.24, 2.45) is 5.92 Å². The first kappa shape index (κ1) is 19.8. The molecule has 142 valence electrons. The van der Waals surface area contributed by atoms with Gasteiger partial charge in [-0.25, -0.2) is 0 Å². The Morgan fingerprint density at radius 1 is 1.32 bits per heavy atom. The van der Waals surface area contributed by atoms with Crippen LogP contribution in [-0.4, -0.2) is 35.3 Å². The molecule has 1 atom stereocenters. The number of carbonyl (C=O) groups excluding carboxylic acids is 2. The maximum atomic E-state index is 12.9. The summed E-state index contributed by atoms with van der Waals surface area (Å²) in [6.07, 6.45) is 10.2. The molecule has 0 aromatic carbocycles. The average Bonchev–Trinajstić information content (AvgIpc) is 2.76. The van der Waals surface area contributed by atoms with Crippen LogP contribution in [-0.2, 0) is 9.59 Å². The van der Waals surface area contributed by atoms with Gasteiger partial charge in [-0.15, -0.1) is 0 Å². The third-order valence-electron chi connectivity index (χ3n) is 5.57. The predicted molar refractivity (Wildman–Crippen MR) is 101 cm³/mol. The van der Waals surface area contributed by atoms with Crippen molar-refractivity contribution >= 4 is 11.8 Å². The highest BCUT2D eigenvalue weighted by Gasteiger charge is 2.47. The Balaban J connectivity index is 1.92. The molecule has 5 nitrogen and oxygen atoms in total. The molecule has 2 fully saturated rings. The first-order chi connectivity index (χ1) is 11.8. The molecule has 5 heteroatoms. The first-order valence-corrected chi connectivity index (χ1v) is 9.89. The molecule has 1 unspecified atom stereocenters. The minimum Gasteiger partial charge on any atom is -0.358 e. The summed E-state index contributed by atoms with van der Waals surface area (Å²) >= 11 is 0. The number of nitrogens with zero attached hydrogens (tertiary/aromatic N) is 1. The lowest BCUT2D eigenvalue weighted by molar-refractivity contribution is -0.131. The molecule has 0 aromatic rings. The molecule has 2 N–H and O–H groups in total. The van der Waals surface area contributed by atoms with E-state index in [0.717, 1.165) is 25.7 Å². The largest absolute Gasteiger partial charge is 0.358 e. The molecule has 2 aliphatic rings. The van der Waals surface area contributed by atoms with Gasteiger partial charge in [0, 0.05) is 19.5 Å². The smallest absolute Gasteiger partial charge is 0.253 e. The molecule has 0 bridgehead atoms. The van der Waals surface area contributed by atoms with Crippen molar-refractivity contribution in [2.45, 2.75) is 89.6 Å². The van der Waals surface area contributed by atoms with E-state index in [1.54, 1.807) is 11.9 Å². The van der Waals surface area contributed by atoms with Crippen molar-refractivity contribution in [1.29, 1.82) is 0 Å². The second-order valence-electron chi connectivity index (χ2n) is 8.16. The van der Waals surface area contributed by atoms with Crippen molar-refractivity contribution in [1.82, 2.24) is 15.5 Å². The van der Waals surface area contributed by atoms with Gasteiger partial charge >= 0.3 is 0 Å². The van der Waals surface area contributed by atoms with E-state index in [2.05, 4.69) is 17.2 Å². The summed E-state index contributed by atoms with van der Waals surface area (Å²) in [4.78, 5) is 26.4. The second-order valence-corrected chi connectivity index (χ2v) is 8.16. The van der Waals surface area contributed by atoms with Crippen LogP contribution >= 0.6 is 0 Å². The molecule has 1 saturated carbocycles. The van der Waals surface area contributed by atoms with Crippen LogP contribution in [0.15, 0.2) is 12.4 Å². The monoisotopic (exact) mass is 349 g/mol. The van der Waals surface area contributed by atoms with Crippen molar-refractivity contribution in [3.8, 4) is 0 Å². The summed E-state index contributed by atoms with van der Waals surface area (Å²) in [6.45, 7) is 7.94. The molecule has 1 saturated heterocycles. The number of nitrogens with one attached hydrogen (secondary N) is 2. The Bertz CT molecular complexity index is 497. The summed E-state index contributed by atoms with van der Waals surface area (Å²) < 4.78 is 0. The topological polar surface area (TPSA) is 61.4 Å². The van der Waals surface area contributed by atoms with Gasteiger partial charge in [-0.3, -0.25) is 9.59 Å². The third kappa shape index (κ3) is 5.23. The van der Waals surface area contributed by atoms with Crippen LogP contribution < -0.4 is 10.6 Å². The summed E-state index contributed by atoms with van der Waals surface area (Å²) in [7, 11) is 1.80. The van der Waals surface area contributed by atoms with Crippen molar-refractivity contribution in [3.63, 3.8) is 0 Å². The van der Waals surface area contributed by atoms with Crippen LogP contribution in [0.3, 0.4) is 0 Å². The van der Waals surface area contributed by atoms with Gasteiger partial charge in [0.1, 0.15) is 11.4 Å². The molecule has 0 spiro atoms. The van der Waals surface area contributed by atoms with Crippen LogP contribution in [0.5, 0.6) is 0 Å². The summed E-state index contributed by atoms with van der Waals surface area (Å²) in [5.74, 6) is 1.57. The van der Waals surface area contributed by atoms with Crippen molar-refractivity contribution in [3.05, 3.63) is 12.4 Å². The summed E-state index contributed by atoms with van der Waals surface area (Å²) in [6, 6.07) is 0.181. The fourth-order valence-corrected chi connectivity index (χ4v) is 4.26. The van der Waals surface area contributed by atoms with Crippen molar-refractivity contribution in [2.75, 3.05) is 7.05 Å². The van der Waals surface area contributed by atoms with Crippen LogP contribution in [0.2, 0.25) is 0 Å². The van der Waals surface area contributed by atoms with E-state index < -0.39 is 5.54 Å². The van der Waals surface area contributed by atoms with Gasteiger partial charge in [0.15, 0.2) is 0 Å². The highest BCUT2D eigenvalue weighted by atomic mass is 16.2. The lowest BCUT2D eigenvalue weighted by atomic mass is 9.77. The Kier molecular flexibility index (Phi) is 6.91. The number of hydrogen-bond acceptors (Lipinski definition) is 3. The number of carbonyl (C=O) groups is 2. The zero-order valence-electron chi connectivity index (χ0n) is 16.2. The maximum absolute atomic E-state index is 12.9. The van der Waals surface area contributed by atoms with E-state index in [0.29, 0.717) is 18.2 Å². The fourth-order valence-electron chi connectivity index (χ4n) is 4.26. The average molecular weight is 350 g/mol. The Labute approximate surface area is 152 Å². The minimum absolute atomic E-state index is 0.101. The molecule has 1 aliphatic heterocycles. The fraction of sp³-hybridized carbons (Fsp3) is 0.800. The molecule has 2 rings (SSSR count). The number of hydrogen-bond donors (Lipinski definition) is 2. The van der Waals surface area contributed by atoms with Gasteiger partial charge < -0.3 is 15.5 Å². The van der Waals surface area contributed by atoms with Gasteiger partial charge in [-0.05, 0) is 39.0 Å². The van der Waals surface area contributed by atoms with E-state index in [1.807, 2.05) is 13.8 Å². The number of unbranched alkanes of at least 4 members (excludes halogenated alkanes) is 1. The van der Waals surface area contributed by atoms with Crippen LogP contribution in [0.1, 0.15) is 78.1 Å². The van der Waals surface area contributed by atoms with Gasteiger partial charge in [0.25, 0.3) is 5.91 Å². The van der Waals surface area contributed by atoms with E-state index >= 15 is 0 Å². The predicted octanol–water partition coefficient (Wildman–Crippen LogP) is 3.31. The molecular weight excluding hydrogens is 314 g/mol. The molecule has 25 heavy (non-hydrogen) atoms.